The zero-order valence-electron chi connectivity index (χ0n) is 23.3. The molecule has 0 fully saturated rings. The fraction of sp³-hybridized carbons (Fsp3) is 0.423. The molecule has 0 spiro atoms. The Bertz CT molecular complexity index is 584. The van der Waals surface area contributed by atoms with Crippen LogP contribution >= 0.6 is 0 Å². The first-order chi connectivity index (χ1) is 16.7. The van der Waals surface area contributed by atoms with Crippen LogP contribution in [0, 0.1) is 0 Å². The molecule has 0 aromatic heterocycles. The Morgan fingerprint density at radius 3 is 1.42 bits per heavy atom. The van der Waals surface area contributed by atoms with Crippen molar-refractivity contribution in [3.8, 4) is 0 Å². The number of aliphatic hydroxyl groups excluding tert-OH is 1. The third-order valence-corrected chi connectivity index (χ3v) is 1.91. The molecule has 0 rings (SSSR count). The topological polar surface area (TPSA) is 156 Å². The number of nitrogens with zero attached hydrogens (tertiary/aromatic N) is 1. The molecular formula is C26H49N3O7. The SMILES string of the molecule is C=C.C=CC.C=CC(=O)N(C)OCCCC.C=CC(=O)NCO.C=CC(N)=O.CC(C)=O.CC(C)=O. The second kappa shape index (κ2) is 48.7. The number of hydrogen-bond donors (Lipinski definition) is 3. The summed E-state index contributed by atoms with van der Waals surface area (Å²) in [6.07, 6.45) is 7.16. The third-order valence-electron chi connectivity index (χ3n) is 1.91. The summed E-state index contributed by atoms with van der Waals surface area (Å²) < 4.78 is 0. The molecule has 0 saturated carbocycles. The van der Waals surface area contributed by atoms with Crippen molar-refractivity contribution >= 4 is 29.3 Å². The minimum Gasteiger partial charge on any atom is -0.376 e. The van der Waals surface area contributed by atoms with Gasteiger partial charge in [0.2, 0.25) is 11.8 Å². The molecule has 4 N–H and O–H groups in total. The van der Waals surface area contributed by atoms with Gasteiger partial charge in [0.25, 0.3) is 5.91 Å². The van der Waals surface area contributed by atoms with Crippen molar-refractivity contribution < 1.29 is 33.9 Å². The summed E-state index contributed by atoms with van der Waals surface area (Å²) in [6.45, 7) is 29.3. The Kier molecular flexibility index (Phi) is 67.0. The van der Waals surface area contributed by atoms with E-state index < -0.39 is 5.91 Å². The highest BCUT2D eigenvalue weighted by Gasteiger charge is 2.02. The van der Waals surface area contributed by atoms with Crippen molar-refractivity contribution in [1.82, 2.24) is 10.4 Å². The van der Waals surface area contributed by atoms with Crippen molar-refractivity contribution in [3.63, 3.8) is 0 Å². The fourth-order valence-electron chi connectivity index (χ4n) is 0.688. The molecule has 10 nitrogen and oxygen atoms in total. The largest absolute Gasteiger partial charge is 0.376 e. The van der Waals surface area contributed by atoms with Crippen molar-refractivity contribution in [2.24, 2.45) is 5.73 Å². The highest BCUT2D eigenvalue weighted by molar-refractivity contribution is 5.86. The highest BCUT2D eigenvalue weighted by Crippen LogP contribution is 1.92. The first-order valence-electron chi connectivity index (χ1n) is 10.7. The van der Waals surface area contributed by atoms with E-state index in [0.717, 1.165) is 25.0 Å². The van der Waals surface area contributed by atoms with Crippen LogP contribution in [0.2, 0.25) is 0 Å². The zero-order chi connectivity index (χ0) is 30.5. The molecule has 0 bridgehead atoms. The van der Waals surface area contributed by atoms with Crippen LogP contribution in [0.3, 0.4) is 0 Å². The van der Waals surface area contributed by atoms with Gasteiger partial charge < -0.3 is 25.7 Å². The van der Waals surface area contributed by atoms with Gasteiger partial charge >= 0.3 is 0 Å². The molecule has 0 aromatic carbocycles. The number of hydroxylamine groups is 2. The molecule has 0 saturated heterocycles. The van der Waals surface area contributed by atoms with Crippen LogP contribution in [0.4, 0.5) is 0 Å². The van der Waals surface area contributed by atoms with Crippen LogP contribution in [-0.2, 0) is 28.8 Å². The van der Waals surface area contributed by atoms with E-state index in [1.54, 1.807) is 13.1 Å². The molecule has 210 valence electrons. The lowest BCUT2D eigenvalue weighted by molar-refractivity contribution is -0.172. The van der Waals surface area contributed by atoms with E-state index in [-0.39, 0.29) is 30.1 Å². The number of nitrogens with one attached hydrogen (secondary N) is 1. The minimum absolute atomic E-state index is 0.167. The Balaban J connectivity index is -0.0000000588. The van der Waals surface area contributed by atoms with Crippen LogP contribution in [0.1, 0.15) is 54.4 Å². The predicted octanol–water partition coefficient (Wildman–Crippen LogP) is 3.44. The van der Waals surface area contributed by atoms with Crippen LogP contribution < -0.4 is 11.1 Å². The van der Waals surface area contributed by atoms with Gasteiger partial charge in [0, 0.05) is 7.05 Å². The van der Waals surface area contributed by atoms with Crippen LogP contribution in [0.5, 0.6) is 0 Å². The number of nitrogens with two attached hydrogens (primary N) is 1. The Morgan fingerprint density at radius 2 is 1.25 bits per heavy atom. The molecular weight excluding hydrogens is 466 g/mol. The maximum atomic E-state index is 10.8. The summed E-state index contributed by atoms with van der Waals surface area (Å²) >= 11 is 0. The summed E-state index contributed by atoms with van der Waals surface area (Å²) in [5.41, 5.74) is 4.53. The summed E-state index contributed by atoms with van der Waals surface area (Å²) in [7, 11) is 1.58. The van der Waals surface area contributed by atoms with E-state index >= 15 is 0 Å². The molecule has 0 aliphatic carbocycles. The summed E-state index contributed by atoms with van der Waals surface area (Å²) in [6, 6.07) is 0. The van der Waals surface area contributed by atoms with Crippen molar-refractivity contribution in [2.45, 2.75) is 54.4 Å². The number of hydrogen-bond acceptors (Lipinski definition) is 7. The van der Waals surface area contributed by atoms with Crippen molar-refractivity contribution in [3.05, 3.63) is 63.8 Å². The molecule has 0 unspecified atom stereocenters. The van der Waals surface area contributed by atoms with Gasteiger partial charge in [-0.25, -0.2) is 5.06 Å². The summed E-state index contributed by atoms with van der Waals surface area (Å²) in [4.78, 5) is 54.2. The summed E-state index contributed by atoms with van der Waals surface area (Å²) in [5, 5.41) is 11.3. The maximum absolute atomic E-state index is 10.8. The molecule has 0 aromatic rings. The lowest BCUT2D eigenvalue weighted by Crippen LogP contribution is -2.25. The number of unbranched alkanes of at least 4 members (excludes halogenated alkanes) is 1. The fourth-order valence-corrected chi connectivity index (χ4v) is 0.688. The number of likely N-dealkylation sites (N-methyl/N-ethyl adjacent to an activating group) is 1. The lowest BCUT2D eigenvalue weighted by Gasteiger charge is -2.13. The average molecular weight is 516 g/mol. The van der Waals surface area contributed by atoms with Gasteiger partial charge in [-0.05, 0) is 59.3 Å². The van der Waals surface area contributed by atoms with Gasteiger partial charge in [0.05, 0.1) is 6.61 Å². The second-order valence-corrected chi connectivity index (χ2v) is 5.96. The Morgan fingerprint density at radius 1 is 0.917 bits per heavy atom. The molecule has 0 aliphatic heterocycles. The smallest absolute Gasteiger partial charge is 0.269 e. The molecule has 0 radical (unpaired) electrons. The van der Waals surface area contributed by atoms with Crippen LogP contribution in [-0.4, -0.2) is 59.8 Å². The van der Waals surface area contributed by atoms with Gasteiger partial charge in [0.1, 0.15) is 18.3 Å². The van der Waals surface area contributed by atoms with Gasteiger partial charge in [0.15, 0.2) is 0 Å². The van der Waals surface area contributed by atoms with Gasteiger partial charge in [-0.15, -0.1) is 19.7 Å². The van der Waals surface area contributed by atoms with Crippen LogP contribution in [0.15, 0.2) is 63.8 Å². The molecule has 3 amide bonds. The van der Waals surface area contributed by atoms with Gasteiger partial charge in [-0.1, -0.05) is 39.2 Å². The quantitative estimate of drug-likeness (QED) is 0.147. The number of allylic oxidation sites excluding steroid dienone is 1. The highest BCUT2D eigenvalue weighted by atomic mass is 16.7. The van der Waals surface area contributed by atoms with E-state index in [1.165, 1.54) is 38.8 Å². The van der Waals surface area contributed by atoms with Gasteiger partial charge in [-0.2, -0.15) is 0 Å². The number of carbonyl (C=O) groups excluding carboxylic acids is 5. The first-order valence-corrected chi connectivity index (χ1v) is 10.7. The van der Waals surface area contributed by atoms with E-state index in [0.29, 0.717) is 6.61 Å². The van der Waals surface area contributed by atoms with Gasteiger partial charge in [-0.3, -0.25) is 19.2 Å². The van der Waals surface area contributed by atoms with E-state index in [2.05, 4.69) is 57.4 Å². The number of ketones is 2. The number of carbonyl (C=O) groups is 5. The van der Waals surface area contributed by atoms with Crippen molar-refractivity contribution in [1.29, 1.82) is 0 Å². The third kappa shape index (κ3) is 127. The summed E-state index contributed by atoms with van der Waals surface area (Å²) in [5.74, 6) is -0.714. The van der Waals surface area contributed by atoms with Crippen LogP contribution in [0.25, 0.3) is 0 Å². The van der Waals surface area contributed by atoms with E-state index in [1.807, 2.05) is 6.92 Å². The first kappa shape index (κ1) is 49.5. The predicted molar refractivity (Wildman–Crippen MR) is 148 cm³/mol. The molecule has 0 heterocycles. The minimum atomic E-state index is -0.481. The monoisotopic (exact) mass is 515 g/mol. The average Bonchev–Trinajstić information content (AvgIpc) is 2.80. The number of primary amides is 1. The second-order valence-electron chi connectivity index (χ2n) is 5.96. The maximum Gasteiger partial charge on any atom is 0.269 e. The van der Waals surface area contributed by atoms with E-state index in [9.17, 15) is 24.0 Å². The normalized spacial score (nSPS) is 7.11. The standard InChI is InChI=1S/C8H15NO2.C4H7NO2.C3H5NO.2C3H6O.C3H6.C2H4/c1-4-6-7-11-9(3)8(10)5-2;1-2-4(7)5-3-6;1-2-3(4)5;2*1-3(2)4;1-3-2;1-2/h5H,2,4,6-7H2,1,3H3;2,6H,1,3H2,(H,5,7);2H,1H2,(H2,4,5);2*1-2H3;3H,1H2,2H3;1-2H2. The molecule has 10 heteroatoms. The van der Waals surface area contributed by atoms with Crippen molar-refractivity contribution in [2.75, 3.05) is 20.4 Å². The number of rotatable bonds is 8. The number of Topliss-reactive ketones (excluding diaryl/α,β-unsaturated/α-hetero) is 2. The molecule has 36 heavy (non-hydrogen) atoms. The zero-order valence-corrected chi connectivity index (χ0v) is 23.3. The molecule has 0 aliphatic rings. The Labute approximate surface area is 218 Å². The number of amides is 3. The Hall–Kier alpha value is -3.63. The molecule has 0 atom stereocenters. The van der Waals surface area contributed by atoms with E-state index in [4.69, 9.17) is 9.94 Å². The number of aliphatic hydroxyl groups is 1. The lowest BCUT2D eigenvalue weighted by atomic mass is 10.4.